The molecule has 2 rings (SSSR count). The van der Waals surface area contributed by atoms with Gasteiger partial charge in [0.15, 0.2) is 0 Å². The topological polar surface area (TPSA) is 28.2 Å². The molecule has 0 saturated carbocycles. The van der Waals surface area contributed by atoms with Gasteiger partial charge in [-0.3, -0.25) is 0 Å². The van der Waals surface area contributed by atoms with Crippen molar-refractivity contribution in [2.45, 2.75) is 44.9 Å². The zero-order valence-electron chi connectivity index (χ0n) is 12.9. The van der Waals surface area contributed by atoms with E-state index in [4.69, 9.17) is 0 Å². The molecule has 112 valence electrons. The first kappa shape index (κ1) is 15.6. The lowest BCUT2D eigenvalue weighted by molar-refractivity contribution is 0.566. The predicted molar refractivity (Wildman–Crippen MR) is 89.7 cm³/mol. The lowest BCUT2D eigenvalue weighted by atomic mass is 10.1. The van der Waals surface area contributed by atoms with Crippen molar-refractivity contribution in [1.82, 2.24) is 10.3 Å². The van der Waals surface area contributed by atoms with E-state index in [0.717, 1.165) is 31.3 Å². The third-order valence-corrected chi connectivity index (χ3v) is 5.25. The van der Waals surface area contributed by atoms with Crippen LogP contribution in [0.2, 0.25) is 0 Å². The maximum atomic E-state index is 4.68. The van der Waals surface area contributed by atoms with Gasteiger partial charge in [-0.15, -0.1) is 0 Å². The summed E-state index contributed by atoms with van der Waals surface area (Å²) in [6.45, 7) is 10.0. The van der Waals surface area contributed by atoms with Crippen molar-refractivity contribution in [2.75, 3.05) is 30.3 Å². The van der Waals surface area contributed by atoms with Crippen LogP contribution in [0.1, 0.15) is 45.2 Å². The number of anilines is 1. The minimum absolute atomic E-state index is 0.369. The summed E-state index contributed by atoms with van der Waals surface area (Å²) in [6, 6.07) is 4.64. The van der Waals surface area contributed by atoms with E-state index < -0.39 is 0 Å². The van der Waals surface area contributed by atoms with E-state index >= 15 is 0 Å². The van der Waals surface area contributed by atoms with Gasteiger partial charge in [0.2, 0.25) is 0 Å². The van der Waals surface area contributed by atoms with Gasteiger partial charge >= 0.3 is 0 Å². The molecular weight excluding hydrogens is 266 g/mol. The Hall–Kier alpha value is -0.740. The second-order valence-corrected chi connectivity index (χ2v) is 6.85. The van der Waals surface area contributed by atoms with E-state index in [1.807, 2.05) is 6.20 Å². The van der Waals surface area contributed by atoms with Crippen LogP contribution in [0.25, 0.3) is 0 Å². The lowest BCUT2D eigenvalue weighted by Gasteiger charge is -2.34. The van der Waals surface area contributed by atoms with Crippen molar-refractivity contribution in [3.63, 3.8) is 0 Å². The van der Waals surface area contributed by atoms with Crippen LogP contribution in [-0.2, 0) is 0 Å². The molecular formula is C16H27N3S. The Labute approximate surface area is 127 Å². The zero-order valence-corrected chi connectivity index (χ0v) is 13.7. The molecule has 0 amide bonds. The maximum absolute atomic E-state index is 4.68. The van der Waals surface area contributed by atoms with E-state index in [9.17, 15) is 0 Å². The fourth-order valence-electron chi connectivity index (χ4n) is 2.64. The highest BCUT2D eigenvalue weighted by atomic mass is 32.2. The Morgan fingerprint density at radius 3 is 3.10 bits per heavy atom. The van der Waals surface area contributed by atoms with Gasteiger partial charge in [0, 0.05) is 41.9 Å². The third kappa shape index (κ3) is 3.89. The molecule has 1 fully saturated rings. The van der Waals surface area contributed by atoms with E-state index in [0.29, 0.717) is 6.04 Å². The summed E-state index contributed by atoms with van der Waals surface area (Å²) in [5.41, 5.74) is 1.34. The molecule has 0 bridgehead atoms. The standard InChI is InChI=1S/C16H27N3S/c1-4-8-17-13(3)15-7-6-9-18-16(15)19-10-11-20-14(5-2)12-19/h6-7,9,13-14,17H,4-5,8,10-12H2,1-3H3. The summed E-state index contributed by atoms with van der Waals surface area (Å²) < 4.78 is 0. The number of pyridine rings is 1. The Kier molecular flexibility index (Phi) is 6.17. The Balaban J connectivity index is 2.14. The highest BCUT2D eigenvalue weighted by Gasteiger charge is 2.23. The van der Waals surface area contributed by atoms with E-state index in [2.05, 4.69) is 59.9 Å². The van der Waals surface area contributed by atoms with Crippen LogP contribution in [0, 0.1) is 0 Å². The summed E-state index contributed by atoms with van der Waals surface area (Å²) >= 11 is 2.10. The summed E-state index contributed by atoms with van der Waals surface area (Å²) in [6.07, 6.45) is 4.33. The molecule has 0 aliphatic carbocycles. The van der Waals surface area contributed by atoms with Gasteiger partial charge in [-0.2, -0.15) is 11.8 Å². The van der Waals surface area contributed by atoms with Crippen LogP contribution in [0.3, 0.4) is 0 Å². The summed E-state index contributed by atoms with van der Waals surface area (Å²) in [7, 11) is 0. The predicted octanol–water partition coefficient (Wildman–Crippen LogP) is 3.47. The van der Waals surface area contributed by atoms with Crippen molar-refractivity contribution in [3.8, 4) is 0 Å². The molecule has 20 heavy (non-hydrogen) atoms. The fraction of sp³-hybridized carbons (Fsp3) is 0.688. The van der Waals surface area contributed by atoms with Crippen LogP contribution in [0.4, 0.5) is 5.82 Å². The van der Waals surface area contributed by atoms with Crippen molar-refractivity contribution >= 4 is 17.6 Å². The third-order valence-electron chi connectivity index (χ3n) is 3.88. The number of nitrogens with one attached hydrogen (secondary N) is 1. The molecule has 1 N–H and O–H groups in total. The van der Waals surface area contributed by atoms with Gasteiger partial charge in [0.05, 0.1) is 0 Å². The summed E-state index contributed by atoms with van der Waals surface area (Å²) in [5.74, 6) is 2.40. The van der Waals surface area contributed by atoms with E-state index in [-0.39, 0.29) is 0 Å². The number of thioether (sulfide) groups is 1. The zero-order chi connectivity index (χ0) is 14.4. The normalized spacial score (nSPS) is 20.9. The molecule has 2 atom stereocenters. The van der Waals surface area contributed by atoms with Crippen LogP contribution >= 0.6 is 11.8 Å². The molecule has 1 aliphatic heterocycles. The van der Waals surface area contributed by atoms with Gasteiger partial charge < -0.3 is 10.2 Å². The number of nitrogens with zero attached hydrogens (tertiary/aromatic N) is 2. The largest absolute Gasteiger partial charge is 0.354 e. The first-order valence-corrected chi connectivity index (χ1v) is 8.86. The summed E-state index contributed by atoms with van der Waals surface area (Å²) in [4.78, 5) is 7.15. The number of aromatic nitrogens is 1. The van der Waals surface area contributed by atoms with Crippen LogP contribution in [0.15, 0.2) is 18.3 Å². The highest BCUT2D eigenvalue weighted by molar-refractivity contribution is 8.00. The molecule has 3 nitrogen and oxygen atoms in total. The van der Waals surface area contributed by atoms with Crippen molar-refractivity contribution in [2.24, 2.45) is 0 Å². The molecule has 0 radical (unpaired) electrons. The average molecular weight is 293 g/mol. The molecule has 0 spiro atoms. The molecule has 0 aromatic carbocycles. The monoisotopic (exact) mass is 293 g/mol. The number of rotatable bonds is 6. The molecule has 1 aliphatic rings. The van der Waals surface area contributed by atoms with Gasteiger partial charge in [-0.1, -0.05) is 19.9 Å². The molecule has 2 heterocycles. The second kappa shape index (κ2) is 7.89. The average Bonchev–Trinajstić information content (AvgIpc) is 2.52. The lowest BCUT2D eigenvalue weighted by Crippen LogP contribution is -2.39. The first-order valence-electron chi connectivity index (χ1n) is 7.81. The van der Waals surface area contributed by atoms with Crippen molar-refractivity contribution in [1.29, 1.82) is 0 Å². The minimum atomic E-state index is 0.369. The molecule has 2 unspecified atom stereocenters. The fourth-order valence-corrected chi connectivity index (χ4v) is 3.82. The second-order valence-electron chi connectivity index (χ2n) is 5.44. The van der Waals surface area contributed by atoms with Crippen molar-refractivity contribution < 1.29 is 0 Å². The quantitative estimate of drug-likeness (QED) is 0.869. The highest BCUT2D eigenvalue weighted by Crippen LogP contribution is 2.29. The van der Waals surface area contributed by atoms with Crippen LogP contribution < -0.4 is 10.2 Å². The summed E-state index contributed by atoms with van der Waals surface area (Å²) in [5, 5.41) is 4.33. The first-order chi connectivity index (χ1) is 9.76. The van der Waals surface area contributed by atoms with Crippen LogP contribution in [0.5, 0.6) is 0 Å². The van der Waals surface area contributed by atoms with Crippen molar-refractivity contribution in [3.05, 3.63) is 23.9 Å². The maximum Gasteiger partial charge on any atom is 0.133 e. The SMILES string of the molecule is CCCNC(C)c1cccnc1N1CCSC(CC)C1. The molecule has 4 heteroatoms. The number of hydrogen-bond donors (Lipinski definition) is 1. The van der Waals surface area contributed by atoms with Crippen LogP contribution in [-0.4, -0.2) is 35.6 Å². The van der Waals surface area contributed by atoms with Gasteiger partial charge in [-0.25, -0.2) is 4.98 Å². The van der Waals surface area contributed by atoms with E-state index in [1.54, 1.807) is 0 Å². The Bertz CT molecular complexity index is 410. The Morgan fingerprint density at radius 1 is 1.50 bits per heavy atom. The molecule has 1 saturated heterocycles. The molecule has 1 aromatic rings. The van der Waals surface area contributed by atoms with Gasteiger partial charge in [0.25, 0.3) is 0 Å². The van der Waals surface area contributed by atoms with Gasteiger partial charge in [-0.05, 0) is 32.4 Å². The minimum Gasteiger partial charge on any atom is -0.354 e. The Morgan fingerprint density at radius 2 is 2.35 bits per heavy atom. The van der Waals surface area contributed by atoms with E-state index in [1.165, 1.54) is 23.6 Å². The molecule has 1 aromatic heterocycles. The number of hydrogen-bond acceptors (Lipinski definition) is 4. The van der Waals surface area contributed by atoms with Gasteiger partial charge in [0.1, 0.15) is 5.82 Å². The smallest absolute Gasteiger partial charge is 0.133 e.